The quantitative estimate of drug-likeness (QED) is 0.906. The number of pyridine rings is 1. The van der Waals surface area contributed by atoms with E-state index in [4.69, 9.17) is 4.84 Å². The third-order valence-corrected chi connectivity index (χ3v) is 5.07. The van der Waals surface area contributed by atoms with E-state index in [1.54, 1.807) is 24.5 Å². The van der Waals surface area contributed by atoms with Gasteiger partial charge in [0, 0.05) is 25.6 Å². The van der Waals surface area contributed by atoms with Gasteiger partial charge in [-0.25, -0.2) is 0 Å². The van der Waals surface area contributed by atoms with Gasteiger partial charge in [0.25, 0.3) is 5.91 Å². The van der Waals surface area contributed by atoms with Crippen LogP contribution in [0.25, 0.3) is 0 Å². The van der Waals surface area contributed by atoms with E-state index in [0.29, 0.717) is 36.7 Å². The van der Waals surface area contributed by atoms with E-state index in [1.165, 1.54) is 12.8 Å². The first-order chi connectivity index (χ1) is 12.1. The molecule has 0 radical (unpaired) electrons. The van der Waals surface area contributed by atoms with Crippen molar-refractivity contribution in [3.05, 3.63) is 24.5 Å². The van der Waals surface area contributed by atoms with Crippen molar-refractivity contribution in [1.29, 1.82) is 0 Å². The number of rotatable bonds is 4. The summed E-state index contributed by atoms with van der Waals surface area (Å²) in [5, 5.41) is 6.80. The molecule has 2 amide bonds. The number of piperidine rings is 1. The van der Waals surface area contributed by atoms with Gasteiger partial charge >= 0.3 is 0 Å². The van der Waals surface area contributed by atoms with Gasteiger partial charge in [-0.1, -0.05) is 5.16 Å². The molecule has 1 spiro atoms. The lowest BCUT2D eigenvalue weighted by Crippen LogP contribution is -2.50. The largest absolute Gasteiger partial charge is 0.386 e. The summed E-state index contributed by atoms with van der Waals surface area (Å²) in [6, 6.07) is 3.53. The number of hydrogen-bond acceptors (Lipinski definition) is 5. The summed E-state index contributed by atoms with van der Waals surface area (Å²) < 4.78 is 0. The predicted octanol–water partition coefficient (Wildman–Crippen LogP) is 1.96. The normalized spacial score (nSPS) is 25.4. The average molecular weight is 342 g/mol. The summed E-state index contributed by atoms with van der Waals surface area (Å²) >= 11 is 0. The van der Waals surface area contributed by atoms with Crippen molar-refractivity contribution in [3.8, 4) is 0 Å². The molecule has 1 N–H and O–H groups in total. The minimum atomic E-state index is -0.543. The molecule has 3 heterocycles. The molecule has 1 saturated carbocycles. The first-order valence-electron chi connectivity index (χ1n) is 8.88. The first-order valence-corrected chi connectivity index (χ1v) is 8.88. The molecule has 0 aromatic carbocycles. The Morgan fingerprint density at radius 1 is 1.40 bits per heavy atom. The van der Waals surface area contributed by atoms with Crippen LogP contribution in [0.5, 0.6) is 0 Å². The molecule has 0 bridgehead atoms. The van der Waals surface area contributed by atoms with Crippen molar-refractivity contribution in [1.82, 2.24) is 9.88 Å². The molecule has 0 unspecified atom stereocenters. The molecule has 2 aliphatic heterocycles. The Kier molecular flexibility index (Phi) is 4.15. The number of carbonyl (C=O) groups excluding carboxylic acids is 2. The number of likely N-dealkylation sites (tertiary alicyclic amines) is 1. The van der Waals surface area contributed by atoms with Crippen LogP contribution in [0.3, 0.4) is 0 Å². The Balaban J connectivity index is 1.36. The van der Waals surface area contributed by atoms with Crippen molar-refractivity contribution in [2.45, 2.75) is 44.1 Å². The van der Waals surface area contributed by atoms with Crippen LogP contribution in [-0.2, 0) is 14.4 Å². The molecule has 7 heteroatoms. The van der Waals surface area contributed by atoms with E-state index in [2.05, 4.69) is 15.5 Å². The van der Waals surface area contributed by atoms with Crippen LogP contribution in [0.4, 0.5) is 5.69 Å². The van der Waals surface area contributed by atoms with Gasteiger partial charge in [-0.15, -0.1) is 0 Å². The number of oxime groups is 1. The summed E-state index contributed by atoms with van der Waals surface area (Å²) in [7, 11) is 0. The van der Waals surface area contributed by atoms with Crippen LogP contribution < -0.4 is 5.32 Å². The van der Waals surface area contributed by atoms with E-state index >= 15 is 0 Å². The summed E-state index contributed by atoms with van der Waals surface area (Å²) in [6.45, 7) is 1.29. The highest BCUT2D eigenvalue weighted by atomic mass is 16.7. The van der Waals surface area contributed by atoms with Crippen LogP contribution in [0, 0.1) is 5.92 Å². The van der Waals surface area contributed by atoms with Crippen LogP contribution in [0.1, 0.15) is 38.5 Å². The molecule has 1 aromatic rings. The maximum atomic E-state index is 12.4. The number of nitrogens with one attached hydrogen (secondary N) is 1. The smallest absolute Gasteiger partial charge is 0.273 e. The Bertz CT molecular complexity index is 702. The molecule has 1 aromatic heterocycles. The Labute approximate surface area is 146 Å². The van der Waals surface area contributed by atoms with Gasteiger partial charge in [0.15, 0.2) is 5.60 Å². The molecule has 132 valence electrons. The lowest BCUT2D eigenvalue weighted by Gasteiger charge is -2.38. The van der Waals surface area contributed by atoms with Crippen molar-refractivity contribution < 1.29 is 14.4 Å². The maximum Gasteiger partial charge on any atom is 0.273 e. The van der Waals surface area contributed by atoms with Crippen molar-refractivity contribution in [2.75, 3.05) is 18.4 Å². The molecular formula is C18H22N4O3. The number of amides is 2. The number of carbonyl (C=O) groups is 2. The summed E-state index contributed by atoms with van der Waals surface area (Å²) in [4.78, 5) is 36.3. The van der Waals surface area contributed by atoms with Crippen molar-refractivity contribution >= 4 is 23.2 Å². The molecule has 3 aliphatic rings. The second kappa shape index (κ2) is 6.46. The van der Waals surface area contributed by atoms with Gasteiger partial charge in [0.2, 0.25) is 5.91 Å². The fraction of sp³-hybridized carbons (Fsp3) is 0.556. The SMILES string of the molecule is O=C(Nc1cccnc1)C1=NO[C@@]2(CCCN(C(=O)CC3CC3)C2)C1. The minimum Gasteiger partial charge on any atom is -0.386 e. The number of hydrogen-bond donors (Lipinski definition) is 1. The lowest BCUT2D eigenvalue weighted by molar-refractivity contribution is -0.141. The molecule has 7 nitrogen and oxygen atoms in total. The van der Waals surface area contributed by atoms with Crippen LogP contribution in [0.2, 0.25) is 0 Å². The second-order valence-corrected chi connectivity index (χ2v) is 7.25. The van der Waals surface area contributed by atoms with Crippen LogP contribution >= 0.6 is 0 Å². The van der Waals surface area contributed by atoms with Gasteiger partial charge in [-0.2, -0.15) is 0 Å². The molecule has 1 atom stereocenters. The predicted molar refractivity (Wildman–Crippen MR) is 91.9 cm³/mol. The zero-order valence-electron chi connectivity index (χ0n) is 14.1. The summed E-state index contributed by atoms with van der Waals surface area (Å²) in [5.74, 6) is 0.511. The fourth-order valence-electron chi connectivity index (χ4n) is 3.51. The summed E-state index contributed by atoms with van der Waals surface area (Å²) in [6.07, 6.45) is 8.35. The van der Waals surface area contributed by atoms with Crippen LogP contribution in [-0.4, -0.2) is 46.1 Å². The molecule has 1 saturated heterocycles. The topological polar surface area (TPSA) is 83.9 Å². The third kappa shape index (κ3) is 3.65. The number of nitrogens with zero attached hydrogens (tertiary/aromatic N) is 3. The van der Waals surface area contributed by atoms with E-state index in [0.717, 1.165) is 19.4 Å². The van der Waals surface area contributed by atoms with Crippen LogP contribution in [0.15, 0.2) is 29.7 Å². The van der Waals surface area contributed by atoms with Crippen molar-refractivity contribution in [3.63, 3.8) is 0 Å². The van der Waals surface area contributed by atoms with Gasteiger partial charge in [-0.3, -0.25) is 14.6 Å². The van der Waals surface area contributed by atoms with E-state index in [9.17, 15) is 9.59 Å². The zero-order valence-corrected chi connectivity index (χ0v) is 14.1. The summed E-state index contributed by atoms with van der Waals surface area (Å²) in [5.41, 5.74) is 0.459. The maximum absolute atomic E-state index is 12.4. The first kappa shape index (κ1) is 16.1. The van der Waals surface area contributed by atoms with E-state index in [-0.39, 0.29) is 11.8 Å². The highest BCUT2D eigenvalue weighted by molar-refractivity contribution is 6.43. The van der Waals surface area contributed by atoms with Gasteiger partial charge in [-0.05, 0) is 43.7 Å². The fourth-order valence-corrected chi connectivity index (χ4v) is 3.51. The Morgan fingerprint density at radius 3 is 3.04 bits per heavy atom. The van der Waals surface area contributed by atoms with Crippen molar-refractivity contribution in [2.24, 2.45) is 11.1 Å². The van der Waals surface area contributed by atoms with Gasteiger partial charge < -0.3 is 15.1 Å². The average Bonchev–Trinajstić information content (AvgIpc) is 3.35. The monoisotopic (exact) mass is 342 g/mol. The second-order valence-electron chi connectivity index (χ2n) is 7.25. The third-order valence-electron chi connectivity index (χ3n) is 5.07. The highest BCUT2D eigenvalue weighted by Crippen LogP contribution is 2.36. The number of aromatic nitrogens is 1. The lowest BCUT2D eigenvalue weighted by atomic mass is 9.87. The van der Waals surface area contributed by atoms with E-state index < -0.39 is 5.60 Å². The molecule has 1 aliphatic carbocycles. The Hall–Kier alpha value is -2.44. The zero-order chi connectivity index (χ0) is 17.3. The molecule has 25 heavy (non-hydrogen) atoms. The van der Waals surface area contributed by atoms with Gasteiger partial charge in [0.1, 0.15) is 5.71 Å². The van der Waals surface area contributed by atoms with E-state index in [1.807, 2.05) is 4.90 Å². The standard InChI is InChI=1S/C18H22N4O3/c23-16(9-13-4-5-13)22-8-2-6-18(12-22)10-15(21-25-18)17(24)20-14-3-1-7-19-11-14/h1,3,7,11,13H,2,4-6,8-10,12H2,(H,20,24)/t18-/m0/s1. The molecular weight excluding hydrogens is 320 g/mol. The van der Waals surface area contributed by atoms with Gasteiger partial charge in [0.05, 0.1) is 18.4 Å². The number of anilines is 1. The highest BCUT2D eigenvalue weighted by Gasteiger charge is 2.45. The molecule has 2 fully saturated rings. The minimum absolute atomic E-state index is 0.207. The molecule has 4 rings (SSSR count). The Morgan fingerprint density at radius 2 is 2.28 bits per heavy atom.